The van der Waals surface area contributed by atoms with Gasteiger partial charge in [-0.2, -0.15) is 0 Å². The van der Waals surface area contributed by atoms with E-state index in [9.17, 15) is 0 Å². The molecule has 4 heteroatoms. The summed E-state index contributed by atoms with van der Waals surface area (Å²) >= 11 is 1.78. The fourth-order valence-corrected chi connectivity index (χ4v) is 4.35. The number of ether oxygens (including phenoxy) is 1. The van der Waals surface area contributed by atoms with E-state index in [0.29, 0.717) is 13.3 Å². The van der Waals surface area contributed by atoms with E-state index >= 15 is 0 Å². The summed E-state index contributed by atoms with van der Waals surface area (Å²) in [5.41, 5.74) is 4.89. The Labute approximate surface area is 160 Å². The van der Waals surface area contributed by atoms with Gasteiger partial charge >= 0.3 is 0 Å². The average Bonchev–Trinajstić information content (AvgIpc) is 2.90. The van der Waals surface area contributed by atoms with E-state index in [1.54, 1.807) is 11.8 Å². The van der Waals surface area contributed by atoms with Gasteiger partial charge in [0.1, 0.15) is 17.6 Å². The lowest BCUT2D eigenvalue weighted by Gasteiger charge is -2.12. The van der Waals surface area contributed by atoms with Crippen LogP contribution in [0.5, 0.6) is 0 Å². The molecule has 0 N–H and O–H groups in total. The molecule has 3 aromatic rings. The molecular weight excluding hydrogens is 340 g/mol. The summed E-state index contributed by atoms with van der Waals surface area (Å²) in [4.78, 5) is 6.01. The summed E-state index contributed by atoms with van der Waals surface area (Å²) < 4.78 is 8.16. The number of nitrogens with zero attached hydrogens (tertiary/aromatic N) is 2. The van der Waals surface area contributed by atoms with Gasteiger partial charge in [0, 0.05) is 4.90 Å². The predicted molar refractivity (Wildman–Crippen MR) is 108 cm³/mol. The summed E-state index contributed by atoms with van der Waals surface area (Å²) in [5, 5.41) is 1.18. The highest BCUT2D eigenvalue weighted by molar-refractivity contribution is 7.99. The average molecular weight is 367 g/mol. The summed E-state index contributed by atoms with van der Waals surface area (Å²) in [5.74, 6) is 1.00. The molecule has 0 radical (unpaired) electrons. The minimum atomic E-state index is 0.515. The third kappa shape index (κ3) is 4.57. The van der Waals surface area contributed by atoms with Crippen LogP contribution < -0.4 is 0 Å². The molecule has 3 nitrogen and oxygen atoms in total. The summed E-state index contributed by atoms with van der Waals surface area (Å²) in [6, 6.07) is 16.9. The van der Waals surface area contributed by atoms with Gasteiger partial charge in [-0.15, -0.1) is 0 Å². The third-order valence-corrected chi connectivity index (χ3v) is 5.38. The van der Waals surface area contributed by atoms with Gasteiger partial charge in [-0.3, -0.25) is 4.57 Å². The lowest BCUT2D eigenvalue weighted by Crippen LogP contribution is -2.06. The van der Waals surface area contributed by atoms with Gasteiger partial charge in [0.05, 0.1) is 12.3 Å². The van der Waals surface area contributed by atoms with Gasteiger partial charge in [0.2, 0.25) is 0 Å². The highest BCUT2D eigenvalue weighted by Gasteiger charge is 2.15. The largest absolute Gasteiger partial charge is 0.356 e. The molecule has 0 aliphatic heterocycles. The molecule has 1 heterocycles. The number of hydrogen-bond acceptors (Lipinski definition) is 3. The van der Waals surface area contributed by atoms with Crippen molar-refractivity contribution in [2.24, 2.45) is 0 Å². The summed E-state index contributed by atoms with van der Waals surface area (Å²) in [7, 11) is 0. The molecule has 0 fully saturated rings. The van der Waals surface area contributed by atoms with Gasteiger partial charge in [0.15, 0.2) is 0 Å². The first-order valence-electron chi connectivity index (χ1n) is 9.00. The Bertz CT molecular complexity index is 851. The van der Waals surface area contributed by atoms with Crippen LogP contribution in [0.3, 0.4) is 0 Å². The molecule has 0 atom stereocenters. The monoisotopic (exact) mass is 366 g/mol. The lowest BCUT2D eigenvalue weighted by atomic mass is 10.2. The van der Waals surface area contributed by atoms with Crippen molar-refractivity contribution in [1.82, 2.24) is 9.55 Å². The number of imidazole rings is 1. The second-order valence-electron chi connectivity index (χ2n) is 6.58. The quantitative estimate of drug-likeness (QED) is 0.537. The maximum Gasteiger partial charge on any atom is 0.125 e. The van der Waals surface area contributed by atoms with Crippen LogP contribution in [0.25, 0.3) is 0 Å². The van der Waals surface area contributed by atoms with E-state index in [2.05, 4.69) is 62.6 Å². The fraction of sp³-hybridized carbons (Fsp3) is 0.318. The van der Waals surface area contributed by atoms with Crippen LogP contribution in [-0.4, -0.2) is 9.55 Å². The Morgan fingerprint density at radius 1 is 1.00 bits per heavy atom. The standard InChI is InChI=1S/C22H26N2OS/c1-5-21-22(26-20-12-16(2)11-17(3)13-20)24(18(4)23-21)15-25-14-19-9-7-6-8-10-19/h6-13H,5,14-15H2,1-4H3. The van der Waals surface area contributed by atoms with E-state index in [-0.39, 0.29) is 0 Å². The molecule has 0 saturated carbocycles. The van der Waals surface area contributed by atoms with Gasteiger partial charge in [-0.25, -0.2) is 4.98 Å². The van der Waals surface area contributed by atoms with Crippen molar-refractivity contribution < 1.29 is 4.74 Å². The van der Waals surface area contributed by atoms with Gasteiger partial charge < -0.3 is 4.74 Å². The van der Waals surface area contributed by atoms with Crippen molar-refractivity contribution >= 4 is 11.8 Å². The molecule has 0 spiro atoms. The van der Waals surface area contributed by atoms with Crippen molar-refractivity contribution in [3.63, 3.8) is 0 Å². The van der Waals surface area contributed by atoms with Gasteiger partial charge in [-0.05, 0) is 56.0 Å². The van der Waals surface area contributed by atoms with Crippen molar-refractivity contribution in [2.45, 2.75) is 57.4 Å². The molecule has 0 amide bonds. The molecule has 2 aromatic carbocycles. The van der Waals surface area contributed by atoms with E-state index in [4.69, 9.17) is 9.72 Å². The maximum absolute atomic E-state index is 5.98. The maximum atomic E-state index is 5.98. The Hall–Kier alpha value is -2.04. The van der Waals surface area contributed by atoms with E-state index in [0.717, 1.165) is 17.9 Å². The zero-order valence-corrected chi connectivity index (χ0v) is 16.8. The molecule has 1 aromatic heterocycles. The second-order valence-corrected chi connectivity index (χ2v) is 7.64. The number of aryl methyl sites for hydroxylation is 4. The number of aromatic nitrogens is 2. The van der Waals surface area contributed by atoms with Crippen molar-refractivity contribution in [3.8, 4) is 0 Å². The smallest absolute Gasteiger partial charge is 0.125 e. The van der Waals surface area contributed by atoms with Crippen LogP contribution in [0.2, 0.25) is 0 Å². The van der Waals surface area contributed by atoms with Gasteiger partial charge in [-0.1, -0.05) is 55.1 Å². The Morgan fingerprint density at radius 3 is 2.35 bits per heavy atom. The first-order chi connectivity index (χ1) is 12.6. The molecule has 0 bridgehead atoms. The van der Waals surface area contributed by atoms with E-state index < -0.39 is 0 Å². The number of benzene rings is 2. The van der Waals surface area contributed by atoms with Crippen molar-refractivity contribution in [2.75, 3.05) is 0 Å². The van der Waals surface area contributed by atoms with Gasteiger partial charge in [0.25, 0.3) is 0 Å². The number of rotatable bonds is 7. The highest BCUT2D eigenvalue weighted by atomic mass is 32.2. The molecular formula is C22H26N2OS. The van der Waals surface area contributed by atoms with E-state index in [1.807, 2.05) is 18.2 Å². The Kier molecular flexibility index (Phi) is 6.17. The fourth-order valence-electron chi connectivity index (χ4n) is 3.04. The van der Waals surface area contributed by atoms with Crippen LogP contribution in [0.4, 0.5) is 0 Å². The van der Waals surface area contributed by atoms with Crippen LogP contribution in [0.1, 0.15) is 35.1 Å². The van der Waals surface area contributed by atoms with Crippen LogP contribution in [-0.2, 0) is 24.5 Å². The molecule has 26 heavy (non-hydrogen) atoms. The Balaban J connectivity index is 1.80. The molecule has 0 unspecified atom stereocenters. The summed E-state index contributed by atoms with van der Waals surface area (Å²) in [6.45, 7) is 9.61. The first kappa shape index (κ1) is 18.7. The minimum absolute atomic E-state index is 0.515. The van der Waals surface area contributed by atoms with Crippen molar-refractivity contribution in [1.29, 1.82) is 0 Å². The minimum Gasteiger partial charge on any atom is -0.356 e. The topological polar surface area (TPSA) is 27.1 Å². The molecule has 136 valence electrons. The second kappa shape index (κ2) is 8.56. The first-order valence-corrected chi connectivity index (χ1v) is 9.82. The lowest BCUT2D eigenvalue weighted by molar-refractivity contribution is 0.0577. The predicted octanol–water partition coefficient (Wildman–Crippen LogP) is 5.70. The zero-order valence-electron chi connectivity index (χ0n) is 16.0. The zero-order chi connectivity index (χ0) is 18.5. The highest BCUT2D eigenvalue weighted by Crippen LogP contribution is 2.33. The molecule has 0 aliphatic rings. The molecule has 0 aliphatic carbocycles. The third-order valence-electron chi connectivity index (χ3n) is 4.26. The SMILES string of the molecule is CCc1nc(C)n(COCc2ccccc2)c1Sc1cc(C)cc(C)c1. The molecule has 0 saturated heterocycles. The summed E-state index contributed by atoms with van der Waals surface area (Å²) in [6.07, 6.45) is 0.916. The van der Waals surface area contributed by atoms with E-state index in [1.165, 1.54) is 26.6 Å². The normalized spacial score (nSPS) is 11.1. The van der Waals surface area contributed by atoms with Crippen LogP contribution in [0.15, 0.2) is 58.5 Å². The number of hydrogen-bond donors (Lipinski definition) is 0. The van der Waals surface area contributed by atoms with Crippen LogP contribution in [0, 0.1) is 20.8 Å². The van der Waals surface area contributed by atoms with Crippen LogP contribution >= 0.6 is 11.8 Å². The Morgan fingerprint density at radius 2 is 1.69 bits per heavy atom. The molecule has 3 rings (SSSR count). The van der Waals surface area contributed by atoms with Crippen molar-refractivity contribution in [3.05, 3.63) is 76.7 Å².